The van der Waals surface area contributed by atoms with Gasteiger partial charge in [0.25, 0.3) is 0 Å². The lowest BCUT2D eigenvalue weighted by molar-refractivity contribution is -0.0797. The molecule has 0 radical (unpaired) electrons. The van der Waals surface area contributed by atoms with Gasteiger partial charge in [-0.1, -0.05) is 13.8 Å². The minimum atomic E-state index is -0.361. The Morgan fingerprint density at radius 2 is 2.05 bits per heavy atom. The van der Waals surface area contributed by atoms with Crippen molar-refractivity contribution in [3.63, 3.8) is 0 Å². The molecule has 1 aliphatic rings. The van der Waals surface area contributed by atoms with Gasteiger partial charge in [0.15, 0.2) is 0 Å². The van der Waals surface area contributed by atoms with Crippen molar-refractivity contribution in [3.05, 3.63) is 28.7 Å². The van der Waals surface area contributed by atoms with Gasteiger partial charge in [0.05, 0.1) is 13.2 Å². The molecular formula is C13H19N5O3. The molecule has 8 heteroatoms. The molecule has 1 aromatic carbocycles. The summed E-state index contributed by atoms with van der Waals surface area (Å²) in [5.74, 6) is 0.532. The number of aryl methyl sites for hydroxylation is 1. The van der Waals surface area contributed by atoms with Gasteiger partial charge in [-0.15, -0.1) is 0 Å². The Balaban J connectivity index is 0.000000774. The molecule has 0 unspecified atom stereocenters. The lowest BCUT2D eigenvalue weighted by Gasteiger charge is -2.27. The number of benzene rings is 1. The molecular weight excluding hydrogens is 274 g/mol. The number of nitrogens with zero attached hydrogens (tertiary/aromatic N) is 4. The quantitative estimate of drug-likeness (QED) is 0.820. The van der Waals surface area contributed by atoms with Crippen molar-refractivity contribution in [3.8, 4) is 11.4 Å². The Bertz CT molecular complexity index is 660. The number of hydrogen-bond acceptors (Lipinski definition) is 6. The second kappa shape index (κ2) is 6.40. The number of aromatic nitrogens is 4. The Kier molecular flexibility index (Phi) is 4.59. The lowest BCUT2D eigenvalue weighted by Crippen LogP contribution is -2.39. The second-order valence-electron chi connectivity index (χ2n) is 4.30. The van der Waals surface area contributed by atoms with Gasteiger partial charge in [-0.25, -0.2) is 4.79 Å². The fraction of sp³-hybridized carbons (Fsp3) is 0.462. The maximum Gasteiger partial charge on any atom is 0.368 e. The van der Waals surface area contributed by atoms with Crippen molar-refractivity contribution >= 4 is 5.69 Å². The van der Waals surface area contributed by atoms with Crippen LogP contribution in [-0.2, 0) is 11.8 Å². The van der Waals surface area contributed by atoms with E-state index in [-0.39, 0.29) is 11.8 Å². The Labute approximate surface area is 122 Å². The molecule has 2 N–H and O–H groups in total. The van der Waals surface area contributed by atoms with E-state index in [9.17, 15) is 4.79 Å². The van der Waals surface area contributed by atoms with E-state index in [1.54, 1.807) is 18.2 Å². The molecule has 1 aromatic heterocycles. The van der Waals surface area contributed by atoms with Crippen molar-refractivity contribution in [2.24, 2.45) is 7.05 Å². The van der Waals surface area contributed by atoms with Gasteiger partial charge in [-0.2, -0.15) is 9.36 Å². The standard InChI is InChI=1S/C11H13N5O3.C2H6/c1-15-11(17)16(14-13-15)9-4-7(12)2-3-10(9)19-8-5-18-6-8;1-2/h2-4,8H,5-6,12H2,1H3;1-2H3. The van der Waals surface area contributed by atoms with Crippen molar-refractivity contribution in [1.82, 2.24) is 19.8 Å². The minimum absolute atomic E-state index is 0.00486. The molecule has 0 saturated carbocycles. The predicted molar refractivity (Wildman–Crippen MR) is 77.6 cm³/mol. The normalized spacial score (nSPS) is 14.0. The molecule has 21 heavy (non-hydrogen) atoms. The van der Waals surface area contributed by atoms with Crippen LogP contribution in [0, 0.1) is 0 Å². The SMILES string of the molecule is CC.Cn1nnn(-c2cc(N)ccc2OC2COC2)c1=O. The molecule has 2 aromatic rings. The Hall–Kier alpha value is -2.35. The lowest BCUT2D eigenvalue weighted by atomic mass is 10.2. The summed E-state index contributed by atoms with van der Waals surface area (Å²) in [5, 5.41) is 7.46. The fourth-order valence-electron chi connectivity index (χ4n) is 1.73. The third-order valence-electron chi connectivity index (χ3n) is 2.83. The van der Waals surface area contributed by atoms with Crippen LogP contribution in [0.15, 0.2) is 23.0 Å². The maximum atomic E-state index is 11.9. The first-order valence-corrected chi connectivity index (χ1v) is 6.78. The summed E-state index contributed by atoms with van der Waals surface area (Å²) in [6.07, 6.45) is -0.00486. The molecule has 0 amide bonds. The van der Waals surface area contributed by atoms with E-state index in [0.717, 1.165) is 9.36 Å². The molecule has 0 bridgehead atoms. The average Bonchev–Trinajstić information content (AvgIpc) is 2.78. The summed E-state index contributed by atoms with van der Waals surface area (Å²) in [6, 6.07) is 5.05. The van der Waals surface area contributed by atoms with Crippen LogP contribution < -0.4 is 16.2 Å². The first kappa shape index (κ1) is 15.0. The molecule has 114 valence electrons. The summed E-state index contributed by atoms with van der Waals surface area (Å²) in [6.45, 7) is 5.08. The topological polar surface area (TPSA) is 97.2 Å². The van der Waals surface area contributed by atoms with Crippen LogP contribution in [0.25, 0.3) is 5.69 Å². The Morgan fingerprint density at radius 3 is 2.57 bits per heavy atom. The number of tetrazole rings is 1. The number of anilines is 1. The third-order valence-corrected chi connectivity index (χ3v) is 2.83. The molecule has 0 aliphatic carbocycles. The van der Waals surface area contributed by atoms with E-state index in [4.69, 9.17) is 15.2 Å². The zero-order chi connectivity index (χ0) is 15.4. The van der Waals surface area contributed by atoms with Crippen molar-refractivity contribution < 1.29 is 9.47 Å². The summed E-state index contributed by atoms with van der Waals surface area (Å²) in [5.41, 5.74) is 6.38. The van der Waals surface area contributed by atoms with Gasteiger partial charge in [0.1, 0.15) is 17.5 Å². The van der Waals surface area contributed by atoms with Crippen molar-refractivity contribution in [2.45, 2.75) is 20.0 Å². The monoisotopic (exact) mass is 293 g/mol. The molecule has 2 heterocycles. The van der Waals surface area contributed by atoms with E-state index < -0.39 is 0 Å². The molecule has 1 fully saturated rings. The van der Waals surface area contributed by atoms with Crippen molar-refractivity contribution in [1.29, 1.82) is 0 Å². The van der Waals surface area contributed by atoms with Gasteiger partial charge in [0, 0.05) is 12.7 Å². The number of nitrogens with two attached hydrogens (primary N) is 1. The largest absolute Gasteiger partial charge is 0.483 e. The van der Waals surface area contributed by atoms with E-state index in [0.29, 0.717) is 30.3 Å². The smallest absolute Gasteiger partial charge is 0.368 e. The number of rotatable bonds is 3. The minimum Gasteiger partial charge on any atom is -0.483 e. The van der Waals surface area contributed by atoms with Crippen LogP contribution in [0.5, 0.6) is 5.75 Å². The summed E-state index contributed by atoms with van der Waals surface area (Å²) in [7, 11) is 1.53. The molecule has 8 nitrogen and oxygen atoms in total. The highest BCUT2D eigenvalue weighted by atomic mass is 16.6. The molecule has 0 spiro atoms. The third kappa shape index (κ3) is 3.05. The van der Waals surface area contributed by atoms with Crippen LogP contribution in [0.4, 0.5) is 5.69 Å². The first-order valence-electron chi connectivity index (χ1n) is 6.78. The summed E-state index contributed by atoms with van der Waals surface area (Å²) >= 11 is 0. The highest BCUT2D eigenvalue weighted by molar-refractivity contribution is 5.55. The summed E-state index contributed by atoms with van der Waals surface area (Å²) in [4.78, 5) is 11.9. The number of ether oxygens (including phenoxy) is 2. The van der Waals surface area contributed by atoms with E-state index in [1.165, 1.54) is 7.05 Å². The van der Waals surface area contributed by atoms with Crippen LogP contribution in [-0.4, -0.2) is 39.1 Å². The number of hydrogen-bond donors (Lipinski definition) is 1. The zero-order valence-electron chi connectivity index (χ0n) is 12.3. The van der Waals surface area contributed by atoms with E-state index >= 15 is 0 Å². The summed E-state index contributed by atoms with van der Waals surface area (Å²) < 4.78 is 13.1. The van der Waals surface area contributed by atoms with Gasteiger partial charge in [0.2, 0.25) is 0 Å². The second-order valence-corrected chi connectivity index (χ2v) is 4.30. The predicted octanol–water partition coefficient (Wildman–Crippen LogP) is 0.352. The molecule has 0 atom stereocenters. The van der Waals surface area contributed by atoms with Crippen molar-refractivity contribution in [2.75, 3.05) is 18.9 Å². The van der Waals surface area contributed by atoms with Gasteiger partial charge < -0.3 is 15.2 Å². The average molecular weight is 293 g/mol. The molecule has 1 saturated heterocycles. The van der Waals surface area contributed by atoms with E-state index in [1.807, 2.05) is 13.8 Å². The van der Waals surface area contributed by atoms with Crippen LogP contribution in [0.2, 0.25) is 0 Å². The highest BCUT2D eigenvalue weighted by Crippen LogP contribution is 2.26. The Morgan fingerprint density at radius 1 is 1.33 bits per heavy atom. The number of nitrogen functional groups attached to an aromatic ring is 1. The molecule has 3 rings (SSSR count). The van der Waals surface area contributed by atoms with Gasteiger partial charge in [-0.05, 0) is 28.6 Å². The first-order chi connectivity index (χ1) is 10.1. The highest BCUT2D eigenvalue weighted by Gasteiger charge is 2.22. The fourth-order valence-corrected chi connectivity index (χ4v) is 1.73. The van der Waals surface area contributed by atoms with Gasteiger partial charge >= 0.3 is 5.69 Å². The van der Waals surface area contributed by atoms with Crippen LogP contribution in [0.3, 0.4) is 0 Å². The maximum absolute atomic E-state index is 11.9. The zero-order valence-corrected chi connectivity index (χ0v) is 12.3. The van der Waals surface area contributed by atoms with Crippen LogP contribution in [0.1, 0.15) is 13.8 Å². The van der Waals surface area contributed by atoms with E-state index in [2.05, 4.69) is 10.4 Å². The molecule has 1 aliphatic heterocycles. The van der Waals surface area contributed by atoms with Crippen LogP contribution >= 0.6 is 0 Å². The van der Waals surface area contributed by atoms with Gasteiger partial charge in [-0.3, -0.25) is 0 Å².